The molecule has 1 N–H and O–H groups in total. The Morgan fingerprint density at radius 2 is 1.93 bits per heavy atom. The maximum absolute atomic E-state index is 11.8. The van der Waals surface area contributed by atoms with Crippen LogP contribution in [-0.4, -0.2) is 60.3 Å². The van der Waals surface area contributed by atoms with Gasteiger partial charge in [-0.1, -0.05) is 30.3 Å². The lowest BCUT2D eigenvalue weighted by atomic mass is 10.1. The Morgan fingerprint density at radius 1 is 1.15 bits per heavy atom. The zero-order valence-corrected chi connectivity index (χ0v) is 15.8. The van der Waals surface area contributed by atoms with Crippen molar-refractivity contribution in [3.05, 3.63) is 48.3 Å². The van der Waals surface area contributed by atoms with Crippen LogP contribution in [0.2, 0.25) is 0 Å². The summed E-state index contributed by atoms with van der Waals surface area (Å²) in [5, 5.41) is 3.38. The van der Waals surface area contributed by atoms with Crippen molar-refractivity contribution in [3.8, 4) is 0 Å². The molecule has 1 amide bonds. The summed E-state index contributed by atoms with van der Waals surface area (Å²) in [7, 11) is 0. The molecule has 2 heterocycles. The van der Waals surface area contributed by atoms with Crippen molar-refractivity contribution in [1.29, 1.82) is 0 Å². The number of hydrogen-bond donors (Lipinski definition) is 1. The molecule has 2 aromatic rings. The number of carbonyl (C=O) groups excluding carboxylic acids is 1. The molecule has 0 unspecified atom stereocenters. The second-order valence-corrected chi connectivity index (χ2v) is 6.45. The van der Waals surface area contributed by atoms with E-state index in [0.717, 1.165) is 44.1 Å². The minimum absolute atomic E-state index is 0.236. The highest BCUT2D eigenvalue weighted by atomic mass is 16.6. The van der Waals surface area contributed by atoms with Crippen LogP contribution in [0.1, 0.15) is 18.9 Å². The van der Waals surface area contributed by atoms with Gasteiger partial charge in [0.1, 0.15) is 18.0 Å². The van der Waals surface area contributed by atoms with Crippen LogP contribution in [0, 0.1) is 0 Å². The zero-order chi connectivity index (χ0) is 18.9. The average molecular weight is 369 g/mol. The lowest BCUT2D eigenvalue weighted by Gasteiger charge is -2.34. The molecule has 27 heavy (non-hydrogen) atoms. The van der Waals surface area contributed by atoms with Gasteiger partial charge >= 0.3 is 6.09 Å². The number of anilines is 2. The highest BCUT2D eigenvalue weighted by molar-refractivity contribution is 5.68. The van der Waals surface area contributed by atoms with E-state index in [9.17, 15) is 4.79 Å². The number of hydrogen-bond acceptors (Lipinski definition) is 6. The number of amides is 1. The normalized spacial score (nSPS) is 14.1. The lowest BCUT2D eigenvalue weighted by Crippen LogP contribution is -2.49. The van der Waals surface area contributed by atoms with E-state index in [-0.39, 0.29) is 6.09 Å². The van der Waals surface area contributed by atoms with E-state index in [1.54, 1.807) is 11.2 Å². The molecule has 0 atom stereocenters. The van der Waals surface area contributed by atoms with Gasteiger partial charge in [-0.05, 0) is 25.3 Å². The summed E-state index contributed by atoms with van der Waals surface area (Å²) in [5.41, 5.74) is 1.35. The quantitative estimate of drug-likeness (QED) is 0.757. The third-order valence-corrected chi connectivity index (χ3v) is 4.57. The maximum Gasteiger partial charge on any atom is 0.409 e. The molecule has 1 aromatic heterocycles. The van der Waals surface area contributed by atoms with E-state index >= 15 is 0 Å². The predicted molar refractivity (Wildman–Crippen MR) is 106 cm³/mol. The highest BCUT2D eigenvalue weighted by Gasteiger charge is 2.22. The highest BCUT2D eigenvalue weighted by Crippen LogP contribution is 2.16. The summed E-state index contributed by atoms with van der Waals surface area (Å²) in [6, 6.07) is 12.5. The standard InChI is InChI=1S/C20H27N5O2/c1-2-27-20(26)25-13-11-24(12-14-25)19-15-18(22-16-23-19)21-10-6-9-17-7-4-3-5-8-17/h3-5,7-8,15-16H,2,6,9-14H2,1H3,(H,21,22,23). The van der Waals surface area contributed by atoms with Crippen molar-refractivity contribution < 1.29 is 9.53 Å². The molecule has 1 aromatic carbocycles. The summed E-state index contributed by atoms with van der Waals surface area (Å²) < 4.78 is 5.06. The van der Waals surface area contributed by atoms with Gasteiger partial charge in [-0.3, -0.25) is 0 Å². The molecule has 0 aliphatic carbocycles. The van der Waals surface area contributed by atoms with E-state index in [1.165, 1.54) is 5.56 Å². The van der Waals surface area contributed by atoms with Gasteiger partial charge in [0.25, 0.3) is 0 Å². The maximum atomic E-state index is 11.8. The number of ether oxygens (including phenoxy) is 1. The summed E-state index contributed by atoms with van der Waals surface area (Å²) in [6.45, 7) is 5.85. The van der Waals surface area contributed by atoms with Gasteiger partial charge in [0.05, 0.1) is 6.61 Å². The number of nitrogens with one attached hydrogen (secondary N) is 1. The third-order valence-electron chi connectivity index (χ3n) is 4.57. The van der Waals surface area contributed by atoms with Crippen LogP contribution in [0.25, 0.3) is 0 Å². The molecule has 0 radical (unpaired) electrons. The summed E-state index contributed by atoms with van der Waals surface area (Å²) in [6.07, 6.45) is 3.44. The first kappa shape index (κ1) is 18.9. The van der Waals surface area contributed by atoms with Crippen LogP contribution >= 0.6 is 0 Å². The van der Waals surface area contributed by atoms with Crippen molar-refractivity contribution in [2.24, 2.45) is 0 Å². The first-order chi connectivity index (χ1) is 13.3. The van der Waals surface area contributed by atoms with Gasteiger partial charge in [0, 0.05) is 38.8 Å². The third kappa shape index (κ3) is 5.57. The van der Waals surface area contributed by atoms with E-state index < -0.39 is 0 Å². The Kier molecular flexibility index (Phi) is 6.84. The SMILES string of the molecule is CCOC(=O)N1CCN(c2cc(NCCCc3ccccc3)ncn2)CC1. The Labute approximate surface area is 160 Å². The summed E-state index contributed by atoms with van der Waals surface area (Å²) in [4.78, 5) is 24.4. The molecular weight excluding hydrogens is 342 g/mol. The van der Waals surface area contributed by atoms with Crippen LogP contribution < -0.4 is 10.2 Å². The van der Waals surface area contributed by atoms with Crippen LogP contribution in [-0.2, 0) is 11.2 Å². The summed E-state index contributed by atoms with van der Waals surface area (Å²) >= 11 is 0. The zero-order valence-electron chi connectivity index (χ0n) is 15.8. The number of aryl methyl sites for hydroxylation is 1. The molecule has 0 bridgehead atoms. The number of benzene rings is 1. The van der Waals surface area contributed by atoms with Crippen molar-refractivity contribution in [2.75, 3.05) is 49.5 Å². The first-order valence-corrected chi connectivity index (χ1v) is 9.52. The Bertz CT molecular complexity index is 717. The van der Waals surface area contributed by atoms with E-state index in [0.29, 0.717) is 19.7 Å². The molecule has 1 saturated heterocycles. The van der Waals surface area contributed by atoms with Crippen molar-refractivity contribution in [1.82, 2.24) is 14.9 Å². The molecule has 7 nitrogen and oxygen atoms in total. The van der Waals surface area contributed by atoms with Gasteiger partial charge < -0.3 is 19.9 Å². The smallest absolute Gasteiger partial charge is 0.409 e. The van der Waals surface area contributed by atoms with Gasteiger partial charge in [0.2, 0.25) is 0 Å². The Hall–Kier alpha value is -2.83. The van der Waals surface area contributed by atoms with Crippen LogP contribution in [0.3, 0.4) is 0 Å². The monoisotopic (exact) mass is 369 g/mol. The first-order valence-electron chi connectivity index (χ1n) is 9.52. The number of rotatable bonds is 7. The van der Waals surface area contributed by atoms with E-state index in [4.69, 9.17) is 4.74 Å². The average Bonchev–Trinajstić information content (AvgIpc) is 2.72. The molecule has 1 aliphatic rings. The molecule has 144 valence electrons. The number of carbonyl (C=O) groups is 1. The molecular formula is C20H27N5O2. The molecule has 3 rings (SSSR count). The topological polar surface area (TPSA) is 70.6 Å². The Morgan fingerprint density at radius 3 is 2.67 bits per heavy atom. The molecule has 1 fully saturated rings. The fraction of sp³-hybridized carbons (Fsp3) is 0.450. The molecule has 7 heteroatoms. The van der Waals surface area contributed by atoms with Crippen molar-refractivity contribution >= 4 is 17.7 Å². The van der Waals surface area contributed by atoms with Gasteiger partial charge in [0.15, 0.2) is 0 Å². The number of aromatic nitrogens is 2. The van der Waals surface area contributed by atoms with Crippen LogP contribution in [0.15, 0.2) is 42.7 Å². The minimum Gasteiger partial charge on any atom is -0.450 e. The van der Waals surface area contributed by atoms with Crippen LogP contribution in [0.4, 0.5) is 16.4 Å². The molecule has 0 spiro atoms. The minimum atomic E-state index is -0.236. The predicted octanol–water partition coefficient (Wildman–Crippen LogP) is 2.80. The number of nitrogens with zero attached hydrogens (tertiary/aromatic N) is 4. The second-order valence-electron chi connectivity index (χ2n) is 6.45. The molecule has 1 aliphatic heterocycles. The van der Waals surface area contributed by atoms with Crippen molar-refractivity contribution in [2.45, 2.75) is 19.8 Å². The molecule has 0 saturated carbocycles. The van der Waals surface area contributed by atoms with Gasteiger partial charge in [-0.15, -0.1) is 0 Å². The lowest BCUT2D eigenvalue weighted by molar-refractivity contribution is 0.105. The van der Waals surface area contributed by atoms with Gasteiger partial charge in [-0.2, -0.15) is 0 Å². The van der Waals surface area contributed by atoms with Crippen LogP contribution in [0.5, 0.6) is 0 Å². The number of piperazine rings is 1. The Balaban J connectivity index is 1.45. The van der Waals surface area contributed by atoms with E-state index in [2.05, 4.69) is 44.5 Å². The largest absolute Gasteiger partial charge is 0.450 e. The fourth-order valence-corrected chi connectivity index (χ4v) is 3.10. The summed E-state index contributed by atoms with van der Waals surface area (Å²) in [5.74, 6) is 1.72. The fourth-order valence-electron chi connectivity index (χ4n) is 3.10. The van der Waals surface area contributed by atoms with E-state index in [1.807, 2.05) is 19.1 Å². The van der Waals surface area contributed by atoms with Gasteiger partial charge in [-0.25, -0.2) is 14.8 Å². The second kappa shape index (κ2) is 9.75. The van der Waals surface area contributed by atoms with Crippen molar-refractivity contribution in [3.63, 3.8) is 0 Å².